The number of hydrogen-bond acceptors (Lipinski definition) is 3. The molecule has 0 amide bonds. The van der Waals surface area contributed by atoms with Gasteiger partial charge < -0.3 is 14.8 Å². The molecule has 0 fully saturated rings. The van der Waals surface area contributed by atoms with Crippen molar-refractivity contribution in [2.45, 2.75) is 46.1 Å². The van der Waals surface area contributed by atoms with Crippen molar-refractivity contribution in [3.05, 3.63) is 24.3 Å². The molecule has 0 saturated heterocycles. The van der Waals surface area contributed by atoms with Gasteiger partial charge in [0.2, 0.25) is 0 Å². The molecule has 1 atom stereocenters. The number of para-hydroxylation sites is 2. The van der Waals surface area contributed by atoms with E-state index in [4.69, 9.17) is 9.47 Å². The fourth-order valence-corrected chi connectivity index (χ4v) is 2.03. The Bertz CT molecular complexity index is 341. The Morgan fingerprint density at radius 2 is 1.74 bits per heavy atom. The normalized spacial score (nSPS) is 12.2. The second-order valence-corrected chi connectivity index (χ2v) is 4.68. The number of hydrogen-bond donors (Lipinski definition) is 1. The van der Waals surface area contributed by atoms with E-state index in [1.165, 1.54) is 12.8 Å². The van der Waals surface area contributed by atoms with Crippen molar-refractivity contribution in [3.63, 3.8) is 0 Å². The summed E-state index contributed by atoms with van der Waals surface area (Å²) in [6.07, 6.45) is 3.46. The van der Waals surface area contributed by atoms with Crippen LogP contribution >= 0.6 is 0 Å². The fraction of sp³-hybridized carbons (Fsp3) is 0.625. The van der Waals surface area contributed by atoms with E-state index in [9.17, 15) is 0 Å². The maximum atomic E-state index is 5.79. The van der Waals surface area contributed by atoms with Crippen molar-refractivity contribution in [3.8, 4) is 11.5 Å². The van der Waals surface area contributed by atoms with E-state index < -0.39 is 0 Å². The average Bonchev–Trinajstić information content (AvgIpc) is 2.41. The summed E-state index contributed by atoms with van der Waals surface area (Å²) in [7, 11) is 0. The quantitative estimate of drug-likeness (QED) is 0.655. The molecule has 0 saturated carbocycles. The Balaban J connectivity index is 2.22. The summed E-state index contributed by atoms with van der Waals surface area (Å²) < 4.78 is 11.3. The minimum atomic E-state index is 0.598. The average molecular weight is 265 g/mol. The monoisotopic (exact) mass is 265 g/mol. The van der Waals surface area contributed by atoms with Crippen LogP contribution in [0.2, 0.25) is 0 Å². The number of ether oxygens (including phenoxy) is 2. The van der Waals surface area contributed by atoms with Crippen molar-refractivity contribution in [1.82, 2.24) is 5.32 Å². The molecule has 0 aliphatic carbocycles. The van der Waals surface area contributed by atoms with Crippen LogP contribution in [0.25, 0.3) is 0 Å². The Kier molecular flexibility index (Phi) is 8.07. The summed E-state index contributed by atoms with van der Waals surface area (Å²) in [5.41, 5.74) is 0. The molecule has 0 heterocycles. The second-order valence-electron chi connectivity index (χ2n) is 4.68. The van der Waals surface area contributed by atoms with Crippen LogP contribution < -0.4 is 14.8 Å². The lowest BCUT2D eigenvalue weighted by Crippen LogP contribution is -2.25. The summed E-state index contributed by atoms with van der Waals surface area (Å²) in [6, 6.07) is 8.46. The highest BCUT2D eigenvalue weighted by Gasteiger charge is 2.03. The standard InChI is InChI=1S/C16H27NO2/c1-4-17-14(3)10-8-9-13-19-16-12-7-6-11-15(16)18-5-2/h6-7,11-12,14,17H,4-5,8-10,13H2,1-3H3. The number of rotatable bonds is 10. The van der Waals surface area contributed by atoms with Crippen molar-refractivity contribution in [1.29, 1.82) is 0 Å². The highest BCUT2D eigenvalue weighted by Crippen LogP contribution is 2.26. The SMILES string of the molecule is CCNC(C)CCCCOc1ccccc1OCC. The van der Waals surface area contributed by atoms with E-state index in [0.29, 0.717) is 12.6 Å². The third-order valence-corrected chi connectivity index (χ3v) is 2.99. The van der Waals surface area contributed by atoms with E-state index in [2.05, 4.69) is 19.2 Å². The molecule has 0 spiro atoms. The first-order valence-electron chi connectivity index (χ1n) is 7.35. The van der Waals surface area contributed by atoms with E-state index in [1.807, 2.05) is 31.2 Å². The maximum Gasteiger partial charge on any atom is 0.161 e. The third kappa shape index (κ3) is 6.48. The zero-order chi connectivity index (χ0) is 13.9. The minimum absolute atomic E-state index is 0.598. The Morgan fingerprint density at radius 3 is 2.37 bits per heavy atom. The van der Waals surface area contributed by atoms with Gasteiger partial charge >= 0.3 is 0 Å². The Morgan fingerprint density at radius 1 is 1.05 bits per heavy atom. The van der Waals surface area contributed by atoms with Gasteiger partial charge in [-0.25, -0.2) is 0 Å². The van der Waals surface area contributed by atoms with Gasteiger partial charge in [0, 0.05) is 6.04 Å². The lowest BCUT2D eigenvalue weighted by Gasteiger charge is -2.13. The van der Waals surface area contributed by atoms with Gasteiger partial charge in [-0.15, -0.1) is 0 Å². The summed E-state index contributed by atoms with van der Waals surface area (Å²) in [5.74, 6) is 1.69. The molecule has 1 aromatic carbocycles. The molecular formula is C16H27NO2. The predicted molar refractivity (Wildman–Crippen MR) is 80.1 cm³/mol. The van der Waals surface area contributed by atoms with Crippen molar-refractivity contribution in [2.24, 2.45) is 0 Å². The van der Waals surface area contributed by atoms with Gasteiger partial charge in [-0.2, -0.15) is 0 Å². The molecule has 1 rings (SSSR count). The molecule has 0 radical (unpaired) electrons. The van der Waals surface area contributed by atoms with Crippen LogP contribution in [0.4, 0.5) is 0 Å². The van der Waals surface area contributed by atoms with Crippen LogP contribution in [-0.2, 0) is 0 Å². The number of nitrogens with one attached hydrogen (secondary N) is 1. The zero-order valence-electron chi connectivity index (χ0n) is 12.4. The molecule has 1 aromatic rings. The van der Waals surface area contributed by atoms with E-state index in [-0.39, 0.29) is 0 Å². The van der Waals surface area contributed by atoms with E-state index >= 15 is 0 Å². The van der Waals surface area contributed by atoms with Crippen LogP contribution in [0.1, 0.15) is 40.0 Å². The molecule has 3 heteroatoms. The van der Waals surface area contributed by atoms with Gasteiger partial charge in [0.1, 0.15) is 0 Å². The molecule has 108 valence electrons. The van der Waals surface area contributed by atoms with Crippen LogP contribution in [0.3, 0.4) is 0 Å². The van der Waals surface area contributed by atoms with Gasteiger partial charge in [-0.1, -0.05) is 19.1 Å². The molecule has 0 aliphatic heterocycles. The largest absolute Gasteiger partial charge is 0.490 e. The number of benzene rings is 1. The first-order valence-corrected chi connectivity index (χ1v) is 7.35. The van der Waals surface area contributed by atoms with Gasteiger partial charge in [0.05, 0.1) is 13.2 Å². The summed E-state index contributed by atoms with van der Waals surface area (Å²) in [5, 5.41) is 3.42. The molecule has 0 bridgehead atoms. The zero-order valence-corrected chi connectivity index (χ0v) is 12.4. The van der Waals surface area contributed by atoms with Crippen LogP contribution in [0.15, 0.2) is 24.3 Å². The number of unbranched alkanes of at least 4 members (excludes halogenated alkanes) is 1. The van der Waals surface area contributed by atoms with Crippen molar-refractivity contribution in [2.75, 3.05) is 19.8 Å². The molecule has 1 unspecified atom stereocenters. The highest BCUT2D eigenvalue weighted by molar-refractivity contribution is 5.39. The first kappa shape index (κ1) is 15.8. The lowest BCUT2D eigenvalue weighted by molar-refractivity contribution is 0.269. The van der Waals surface area contributed by atoms with Gasteiger partial charge in [-0.05, 0) is 51.8 Å². The Labute approximate surface area is 117 Å². The fourth-order valence-electron chi connectivity index (χ4n) is 2.03. The lowest BCUT2D eigenvalue weighted by atomic mass is 10.1. The third-order valence-electron chi connectivity index (χ3n) is 2.99. The van der Waals surface area contributed by atoms with Crippen molar-refractivity contribution >= 4 is 0 Å². The summed E-state index contributed by atoms with van der Waals surface area (Å²) in [4.78, 5) is 0. The van der Waals surface area contributed by atoms with E-state index in [0.717, 1.165) is 31.1 Å². The predicted octanol–water partition coefficient (Wildman–Crippen LogP) is 3.63. The van der Waals surface area contributed by atoms with Gasteiger partial charge in [0.15, 0.2) is 11.5 Å². The first-order chi connectivity index (χ1) is 9.27. The molecule has 19 heavy (non-hydrogen) atoms. The summed E-state index contributed by atoms with van der Waals surface area (Å²) in [6.45, 7) is 8.82. The maximum absolute atomic E-state index is 5.79. The topological polar surface area (TPSA) is 30.5 Å². The molecule has 0 aromatic heterocycles. The molecular weight excluding hydrogens is 238 g/mol. The Hall–Kier alpha value is -1.22. The van der Waals surface area contributed by atoms with Crippen LogP contribution in [0, 0.1) is 0 Å². The molecule has 1 N–H and O–H groups in total. The minimum Gasteiger partial charge on any atom is -0.490 e. The second kappa shape index (κ2) is 9.68. The molecule has 0 aliphatic rings. The van der Waals surface area contributed by atoms with Gasteiger partial charge in [-0.3, -0.25) is 0 Å². The van der Waals surface area contributed by atoms with Crippen LogP contribution in [-0.4, -0.2) is 25.8 Å². The smallest absolute Gasteiger partial charge is 0.161 e. The molecule has 3 nitrogen and oxygen atoms in total. The highest BCUT2D eigenvalue weighted by atomic mass is 16.5. The van der Waals surface area contributed by atoms with Gasteiger partial charge in [0.25, 0.3) is 0 Å². The van der Waals surface area contributed by atoms with E-state index in [1.54, 1.807) is 0 Å². The summed E-state index contributed by atoms with van der Waals surface area (Å²) >= 11 is 0. The van der Waals surface area contributed by atoms with Crippen LogP contribution in [0.5, 0.6) is 11.5 Å². The van der Waals surface area contributed by atoms with Crippen molar-refractivity contribution < 1.29 is 9.47 Å².